The van der Waals surface area contributed by atoms with Crippen LogP contribution in [-0.4, -0.2) is 24.1 Å². The van der Waals surface area contributed by atoms with Crippen LogP contribution in [0.1, 0.15) is 20.7 Å². The van der Waals surface area contributed by atoms with Crippen LogP contribution in [-0.2, 0) is 4.74 Å². The number of phenolic OH excluding ortho intramolecular Hbond substituents is 1. The number of esters is 1. The lowest BCUT2D eigenvalue weighted by atomic mass is 10.1. The summed E-state index contributed by atoms with van der Waals surface area (Å²) in [6.07, 6.45) is 0. The van der Waals surface area contributed by atoms with Crippen LogP contribution in [0.4, 0.5) is 5.69 Å². The lowest BCUT2D eigenvalue weighted by Crippen LogP contribution is -2.12. The summed E-state index contributed by atoms with van der Waals surface area (Å²) in [4.78, 5) is 23.3. The van der Waals surface area contributed by atoms with Gasteiger partial charge >= 0.3 is 5.97 Å². The second-order valence-electron chi connectivity index (χ2n) is 4.18. The summed E-state index contributed by atoms with van der Waals surface area (Å²) in [6.45, 7) is 0. The van der Waals surface area contributed by atoms with Crippen molar-refractivity contribution in [1.82, 2.24) is 0 Å². The minimum absolute atomic E-state index is 0.194. The van der Waals surface area contributed by atoms with Crippen molar-refractivity contribution in [3.63, 3.8) is 0 Å². The third kappa shape index (κ3) is 3.52. The molecule has 0 bridgehead atoms. The molecule has 5 nitrogen and oxygen atoms in total. The van der Waals surface area contributed by atoms with Gasteiger partial charge in [0.1, 0.15) is 5.75 Å². The molecule has 0 atom stereocenters. The molecule has 6 heteroatoms. The number of aromatic hydroxyl groups is 1. The van der Waals surface area contributed by atoms with Crippen molar-refractivity contribution in [2.75, 3.05) is 12.4 Å². The Morgan fingerprint density at radius 3 is 2.29 bits per heavy atom. The molecule has 2 aromatic rings. The maximum atomic E-state index is 12.0. The lowest BCUT2D eigenvalue weighted by Gasteiger charge is -2.08. The highest BCUT2D eigenvalue weighted by molar-refractivity contribution is 6.30. The first kappa shape index (κ1) is 14.9. The second-order valence-corrected chi connectivity index (χ2v) is 4.62. The second kappa shape index (κ2) is 6.28. The van der Waals surface area contributed by atoms with Crippen molar-refractivity contribution in [1.29, 1.82) is 0 Å². The Morgan fingerprint density at radius 2 is 1.71 bits per heavy atom. The molecule has 0 spiro atoms. The maximum absolute atomic E-state index is 12.0. The van der Waals surface area contributed by atoms with E-state index >= 15 is 0 Å². The molecular formula is C15H12ClNO4. The predicted octanol–water partition coefficient (Wildman–Crippen LogP) is 3.08. The zero-order valence-electron chi connectivity index (χ0n) is 11.1. The number of methoxy groups -OCH3 is 1. The summed E-state index contributed by atoms with van der Waals surface area (Å²) in [5.74, 6) is -1.19. The molecule has 0 aliphatic rings. The van der Waals surface area contributed by atoms with E-state index in [2.05, 4.69) is 10.1 Å². The van der Waals surface area contributed by atoms with Crippen molar-refractivity contribution in [2.45, 2.75) is 0 Å². The van der Waals surface area contributed by atoms with Crippen molar-refractivity contribution >= 4 is 29.2 Å². The van der Waals surface area contributed by atoms with E-state index in [0.29, 0.717) is 10.6 Å². The number of phenols is 1. The highest BCUT2D eigenvalue weighted by Gasteiger charge is 2.12. The highest BCUT2D eigenvalue weighted by atomic mass is 35.5. The minimum Gasteiger partial charge on any atom is -0.506 e. The average Bonchev–Trinajstić information content (AvgIpc) is 2.49. The van der Waals surface area contributed by atoms with Gasteiger partial charge in [-0.25, -0.2) is 4.79 Å². The molecule has 108 valence electrons. The molecule has 0 aromatic heterocycles. The normalized spacial score (nSPS) is 10.0. The lowest BCUT2D eigenvalue weighted by molar-refractivity contribution is 0.0600. The number of hydrogen-bond donors (Lipinski definition) is 2. The Labute approximate surface area is 126 Å². The van der Waals surface area contributed by atoms with E-state index in [1.807, 2.05) is 0 Å². The average molecular weight is 306 g/mol. The van der Waals surface area contributed by atoms with Gasteiger partial charge < -0.3 is 15.2 Å². The smallest absolute Gasteiger partial charge is 0.337 e. The van der Waals surface area contributed by atoms with Gasteiger partial charge in [-0.1, -0.05) is 11.6 Å². The molecular weight excluding hydrogens is 294 g/mol. The summed E-state index contributed by atoms with van der Waals surface area (Å²) in [7, 11) is 1.25. The van der Waals surface area contributed by atoms with E-state index in [1.165, 1.54) is 25.3 Å². The van der Waals surface area contributed by atoms with E-state index < -0.39 is 11.9 Å². The van der Waals surface area contributed by atoms with E-state index in [0.717, 1.165) is 0 Å². The largest absolute Gasteiger partial charge is 0.506 e. The number of nitrogens with one attached hydrogen (secondary N) is 1. The first-order valence-electron chi connectivity index (χ1n) is 5.99. The summed E-state index contributed by atoms with van der Waals surface area (Å²) in [5, 5.41) is 12.9. The molecule has 2 rings (SSSR count). The fourth-order valence-corrected chi connectivity index (χ4v) is 1.80. The molecule has 0 unspecified atom stereocenters. The minimum atomic E-state index is -0.569. The number of carbonyl (C=O) groups excluding carboxylic acids is 2. The molecule has 2 N–H and O–H groups in total. The van der Waals surface area contributed by atoms with Crippen LogP contribution in [0, 0.1) is 0 Å². The fraction of sp³-hybridized carbons (Fsp3) is 0.0667. The number of ether oxygens (including phenoxy) is 1. The van der Waals surface area contributed by atoms with Crippen LogP contribution in [0.5, 0.6) is 5.75 Å². The van der Waals surface area contributed by atoms with Crippen LogP contribution >= 0.6 is 11.6 Å². The number of anilines is 1. The van der Waals surface area contributed by atoms with Gasteiger partial charge in [0.25, 0.3) is 5.91 Å². The van der Waals surface area contributed by atoms with Crippen LogP contribution in [0.15, 0.2) is 42.5 Å². The summed E-state index contributed by atoms with van der Waals surface area (Å²) in [6, 6.07) is 10.4. The maximum Gasteiger partial charge on any atom is 0.337 e. The Hall–Kier alpha value is -2.53. The number of hydrogen-bond acceptors (Lipinski definition) is 4. The fourth-order valence-electron chi connectivity index (χ4n) is 1.68. The quantitative estimate of drug-likeness (QED) is 0.675. The van der Waals surface area contributed by atoms with Crippen LogP contribution in [0.25, 0.3) is 0 Å². The monoisotopic (exact) mass is 305 g/mol. The van der Waals surface area contributed by atoms with Crippen molar-refractivity contribution in [3.8, 4) is 5.75 Å². The SMILES string of the molecule is COC(=O)c1ccc(NC(=O)c2ccc(Cl)cc2)c(O)c1. The number of carbonyl (C=O) groups is 2. The van der Waals surface area contributed by atoms with Gasteiger partial charge in [0.2, 0.25) is 0 Å². The molecule has 0 fully saturated rings. The van der Waals surface area contributed by atoms with Crippen molar-refractivity contribution in [3.05, 3.63) is 58.6 Å². The molecule has 0 radical (unpaired) electrons. The first-order chi connectivity index (χ1) is 10.0. The Kier molecular flexibility index (Phi) is 4.45. The Bertz CT molecular complexity index is 683. The van der Waals surface area contributed by atoms with E-state index in [-0.39, 0.29) is 17.0 Å². The van der Waals surface area contributed by atoms with Gasteiger partial charge in [-0.2, -0.15) is 0 Å². The third-order valence-corrected chi connectivity index (χ3v) is 3.03. The Morgan fingerprint density at radius 1 is 1.10 bits per heavy atom. The van der Waals surface area contributed by atoms with E-state index in [4.69, 9.17) is 11.6 Å². The molecule has 0 aliphatic heterocycles. The zero-order valence-corrected chi connectivity index (χ0v) is 11.8. The molecule has 0 saturated heterocycles. The molecule has 0 heterocycles. The summed E-state index contributed by atoms with van der Waals surface area (Å²) in [5.41, 5.74) is 0.790. The number of benzene rings is 2. The van der Waals surface area contributed by atoms with Crippen LogP contribution in [0.3, 0.4) is 0 Å². The standard InChI is InChI=1S/C15H12ClNO4/c1-21-15(20)10-4-7-12(13(18)8-10)17-14(19)9-2-5-11(16)6-3-9/h2-8,18H,1H3,(H,17,19). The van der Waals surface area contributed by atoms with Gasteiger partial charge in [-0.15, -0.1) is 0 Å². The number of rotatable bonds is 3. The topological polar surface area (TPSA) is 75.6 Å². The third-order valence-electron chi connectivity index (χ3n) is 2.77. The van der Waals surface area contributed by atoms with Crippen LogP contribution in [0.2, 0.25) is 5.02 Å². The summed E-state index contributed by atoms with van der Waals surface area (Å²) < 4.78 is 4.54. The van der Waals surface area contributed by atoms with Crippen molar-refractivity contribution in [2.24, 2.45) is 0 Å². The zero-order chi connectivity index (χ0) is 15.4. The van der Waals surface area contributed by atoms with Crippen molar-refractivity contribution < 1.29 is 19.4 Å². The van der Waals surface area contributed by atoms with E-state index in [1.54, 1.807) is 24.3 Å². The van der Waals surface area contributed by atoms with Gasteiger partial charge in [0.15, 0.2) is 0 Å². The summed E-state index contributed by atoms with van der Waals surface area (Å²) >= 11 is 5.75. The van der Waals surface area contributed by atoms with Gasteiger partial charge in [0.05, 0.1) is 18.4 Å². The number of amides is 1. The van der Waals surface area contributed by atoms with E-state index in [9.17, 15) is 14.7 Å². The molecule has 0 aliphatic carbocycles. The highest BCUT2D eigenvalue weighted by Crippen LogP contribution is 2.25. The Balaban J connectivity index is 2.18. The van der Waals surface area contributed by atoms with Gasteiger partial charge in [0, 0.05) is 10.6 Å². The van der Waals surface area contributed by atoms with Gasteiger partial charge in [-0.05, 0) is 42.5 Å². The molecule has 1 amide bonds. The first-order valence-corrected chi connectivity index (χ1v) is 6.37. The number of halogens is 1. The molecule has 0 saturated carbocycles. The predicted molar refractivity (Wildman–Crippen MR) is 78.9 cm³/mol. The van der Waals surface area contributed by atoms with Gasteiger partial charge in [-0.3, -0.25) is 4.79 Å². The molecule has 21 heavy (non-hydrogen) atoms. The van der Waals surface area contributed by atoms with Crippen LogP contribution < -0.4 is 5.32 Å². The molecule has 2 aromatic carbocycles.